The average Bonchev–Trinajstić information content (AvgIpc) is 2.46. The topological polar surface area (TPSA) is 55.2 Å². The first kappa shape index (κ1) is 18.2. The second kappa shape index (κ2) is 10.8. The minimum Gasteiger partial charge on any atom is -0.379 e. The molecule has 0 fully saturated rings. The summed E-state index contributed by atoms with van der Waals surface area (Å²) in [7, 11) is 0. The van der Waals surface area contributed by atoms with Crippen LogP contribution in [0.2, 0.25) is 0 Å². The predicted molar refractivity (Wildman–Crippen MR) is 96.9 cm³/mol. The molecule has 0 aromatic heterocycles. The van der Waals surface area contributed by atoms with E-state index in [1.54, 1.807) is 12.1 Å². The average molecular weight is 404 g/mol. The predicted octanol–water partition coefficient (Wildman–Crippen LogP) is 5.75. The van der Waals surface area contributed by atoms with Crippen LogP contribution in [-0.2, 0) is 0 Å². The lowest BCUT2D eigenvalue weighted by Gasteiger charge is -2.07. The highest BCUT2D eigenvalue weighted by molar-refractivity contribution is 14.1. The van der Waals surface area contributed by atoms with Crippen LogP contribution in [0, 0.1) is 13.7 Å². The molecule has 0 unspecified atom stereocenters. The monoisotopic (exact) mass is 404 g/mol. The SMILES string of the molecule is CCCCCCCCCCNc1ccc(I)cc1[N+](=O)[O-]. The molecule has 0 aliphatic carbocycles. The molecule has 4 nitrogen and oxygen atoms in total. The van der Waals surface area contributed by atoms with Crippen molar-refractivity contribution in [1.29, 1.82) is 0 Å². The molecule has 1 aromatic carbocycles. The van der Waals surface area contributed by atoms with Crippen LogP contribution in [0.15, 0.2) is 18.2 Å². The normalized spacial score (nSPS) is 10.6. The van der Waals surface area contributed by atoms with E-state index in [-0.39, 0.29) is 10.6 Å². The van der Waals surface area contributed by atoms with Crippen molar-refractivity contribution in [2.45, 2.75) is 58.3 Å². The Morgan fingerprint density at radius 3 is 2.33 bits per heavy atom. The van der Waals surface area contributed by atoms with E-state index in [1.165, 1.54) is 44.9 Å². The molecule has 1 N–H and O–H groups in total. The number of benzene rings is 1. The minimum atomic E-state index is -0.321. The Morgan fingerprint density at radius 1 is 1.10 bits per heavy atom. The number of hydrogen-bond donors (Lipinski definition) is 1. The van der Waals surface area contributed by atoms with Gasteiger partial charge in [0, 0.05) is 16.2 Å². The van der Waals surface area contributed by atoms with E-state index in [9.17, 15) is 10.1 Å². The van der Waals surface area contributed by atoms with Gasteiger partial charge in [-0.3, -0.25) is 10.1 Å². The molecule has 0 aliphatic heterocycles. The number of nitrogens with zero attached hydrogens (tertiary/aromatic N) is 1. The number of nitro groups is 1. The molecule has 1 rings (SSSR count). The van der Waals surface area contributed by atoms with E-state index in [4.69, 9.17) is 0 Å². The third kappa shape index (κ3) is 7.64. The maximum Gasteiger partial charge on any atom is 0.293 e. The van der Waals surface area contributed by atoms with Crippen LogP contribution >= 0.6 is 22.6 Å². The Hall–Kier alpha value is -0.850. The van der Waals surface area contributed by atoms with Crippen molar-refractivity contribution < 1.29 is 4.92 Å². The molecule has 0 saturated heterocycles. The van der Waals surface area contributed by atoms with Gasteiger partial charge in [-0.15, -0.1) is 0 Å². The van der Waals surface area contributed by atoms with Gasteiger partial charge in [0.1, 0.15) is 5.69 Å². The van der Waals surface area contributed by atoms with E-state index in [1.807, 2.05) is 6.07 Å². The Morgan fingerprint density at radius 2 is 1.71 bits per heavy atom. The van der Waals surface area contributed by atoms with Crippen LogP contribution < -0.4 is 5.32 Å². The lowest BCUT2D eigenvalue weighted by atomic mass is 10.1. The van der Waals surface area contributed by atoms with Crippen LogP contribution in [0.25, 0.3) is 0 Å². The smallest absolute Gasteiger partial charge is 0.293 e. The maximum atomic E-state index is 11.0. The van der Waals surface area contributed by atoms with E-state index < -0.39 is 0 Å². The van der Waals surface area contributed by atoms with Crippen LogP contribution in [0.3, 0.4) is 0 Å². The standard InChI is InChI=1S/C16H25IN2O2/c1-2-3-4-5-6-7-8-9-12-18-15-11-10-14(17)13-16(15)19(20)21/h10-11,13,18H,2-9,12H2,1H3. The molecule has 0 heterocycles. The largest absolute Gasteiger partial charge is 0.379 e. The first-order valence-corrected chi connectivity index (χ1v) is 8.91. The number of nitro benzene ring substituents is 1. The summed E-state index contributed by atoms with van der Waals surface area (Å²) in [4.78, 5) is 10.7. The Labute approximate surface area is 141 Å². The van der Waals surface area contributed by atoms with Crippen molar-refractivity contribution in [3.63, 3.8) is 0 Å². The van der Waals surface area contributed by atoms with E-state index in [0.29, 0.717) is 5.69 Å². The van der Waals surface area contributed by atoms with Gasteiger partial charge in [0.2, 0.25) is 0 Å². The van der Waals surface area contributed by atoms with Crippen LogP contribution in [0.4, 0.5) is 11.4 Å². The first-order valence-electron chi connectivity index (χ1n) is 7.83. The Bertz CT molecular complexity index is 438. The summed E-state index contributed by atoms with van der Waals surface area (Å²) in [5.74, 6) is 0. The highest BCUT2D eigenvalue weighted by atomic mass is 127. The van der Waals surface area contributed by atoms with Crippen molar-refractivity contribution in [2.75, 3.05) is 11.9 Å². The van der Waals surface area contributed by atoms with Crippen LogP contribution in [0.1, 0.15) is 58.3 Å². The van der Waals surface area contributed by atoms with Gasteiger partial charge in [0.15, 0.2) is 0 Å². The zero-order chi connectivity index (χ0) is 15.5. The molecular formula is C16H25IN2O2. The summed E-state index contributed by atoms with van der Waals surface area (Å²) < 4.78 is 0.886. The third-order valence-corrected chi connectivity index (χ3v) is 4.17. The molecule has 118 valence electrons. The van der Waals surface area contributed by atoms with Crippen molar-refractivity contribution in [1.82, 2.24) is 0 Å². The molecule has 0 spiro atoms. The lowest BCUT2D eigenvalue weighted by molar-refractivity contribution is -0.384. The highest BCUT2D eigenvalue weighted by Crippen LogP contribution is 2.26. The molecule has 0 saturated carbocycles. The van der Waals surface area contributed by atoms with E-state index >= 15 is 0 Å². The van der Waals surface area contributed by atoms with Gasteiger partial charge in [-0.2, -0.15) is 0 Å². The van der Waals surface area contributed by atoms with Gasteiger partial charge in [0.05, 0.1) is 4.92 Å². The zero-order valence-corrected chi connectivity index (χ0v) is 14.9. The molecule has 0 atom stereocenters. The van der Waals surface area contributed by atoms with Crippen LogP contribution in [0.5, 0.6) is 0 Å². The lowest BCUT2D eigenvalue weighted by Crippen LogP contribution is -2.04. The molecule has 0 aliphatic rings. The van der Waals surface area contributed by atoms with Crippen molar-refractivity contribution in [3.8, 4) is 0 Å². The molecule has 1 aromatic rings. The first-order chi connectivity index (χ1) is 10.1. The summed E-state index contributed by atoms with van der Waals surface area (Å²) in [6.07, 6.45) is 10.2. The van der Waals surface area contributed by atoms with E-state index in [0.717, 1.165) is 16.5 Å². The quantitative estimate of drug-likeness (QED) is 0.221. The second-order valence-corrected chi connectivity index (χ2v) is 6.57. The molecule has 0 radical (unpaired) electrons. The number of rotatable bonds is 11. The van der Waals surface area contributed by atoms with Gasteiger partial charge in [-0.05, 0) is 41.1 Å². The second-order valence-electron chi connectivity index (χ2n) is 5.32. The fourth-order valence-electron chi connectivity index (χ4n) is 2.29. The van der Waals surface area contributed by atoms with Gasteiger partial charge < -0.3 is 5.32 Å². The molecule has 21 heavy (non-hydrogen) atoms. The van der Waals surface area contributed by atoms with Gasteiger partial charge in [-0.1, -0.05) is 51.9 Å². The van der Waals surface area contributed by atoms with Gasteiger partial charge >= 0.3 is 0 Å². The summed E-state index contributed by atoms with van der Waals surface area (Å²) in [6, 6.07) is 5.30. The van der Waals surface area contributed by atoms with E-state index in [2.05, 4.69) is 34.8 Å². The third-order valence-electron chi connectivity index (χ3n) is 3.50. The number of halogens is 1. The molecule has 0 bridgehead atoms. The van der Waals surface area contributed by atoms with Gasteiger partial charge in [-0.25, -0.2) is 0 Å². The van der Waals surface area contributed by atoms with Gasteiger partial charge in [0.25, 0.3) is 5.69 Å². The minimum absolute atomic E-state index is 0.168. The molecular weight excluding hydrogens is 379 g/mol. The number of anilines is 1. The van der Waals surface area contributed by atoms with Crippen LogP contribution in [-0.4, -0.2) is 11.5 Å². The Balaban J connectivity index is 2.20. The highest BCUT2D eigenvalue weighted by Gasteiger charge is 2.13. The maximum absolute atomic E-state index is 11.0. The summed E-state index contributed by atoms with van der Waals surface area (Å²) >= 11 is 2.09. The van der Waals surface area contributed by atoms with Crippen molar-refractivity contribution in [2.24, 2.45) is 0 Å². The Kier molecular flexibility index (Phi) is 9.37. The number of hydrogen-bond acceptors (Lipinski definition) is 3. The fourth-order valence-corrected chi connectivity index (χ4v) is 2.76. The summed E-state index contributed by atoms with van der Waals surface area (Å²) in [5, 5.41) is 14.2. The number of nitrogens with one attached hydrogen (secondary N) is 1. The van der Waals surface area contributed by atoms with Crippen molar-refractivity contribution in [3.05, 3.63) is 31.9 Å². The number of unbranched alkanes of at least 4 members (excludes halogenated alkanes) is 7. The zero-order valence-electron chi connectivity index (χ0n) is 12.7. The molecule has 5 heteroatoms. The fraction of sp³-hybridized carbons (Fsp3) is 0.625. The summed E-state index contributed by atoms with van der Waals surface area (Å²) in [5.41, 5.74) is 0.796. The molecule has 0 amide bonds. The summed E-state index contributed by atoms with van der Waals surface area (Å²) in [6.45, 7) is 3.03. The van der Waals surface area contributed by atoms with Crippen molar-refractivity contribution >= 4 is 34.0 Å².